The second-order valence-corrected chi connectivity index (χ2v) is 11.7. The summed E-state index contributed by atoms with van der Waals surface area (Å²) in [6.45, 7) is 0. The zero-order valence-corrected chi connectivity index (χ0v) is 26.2. The van der Waals surface area contributed by atoms with Crippen LogP contribution >= 0.6 is 0 Å². The Labute approximate surface area is 282 Å². The molecule has 0 aliphatic carbocycles. The Morgan fingerprint density at radius 2 is 0.939 bits per heavy atom. The van der Waals surface area contributed by atoms with E-state index in [0.717, 1.165) is 66.5 Å². The summed E-state index contributed by atoms with van der Waals surface area (Å²) in [7, 11) is 0. The number of hydrogen-bond donors (Lipinski definition) is 0. The number of fused-ring (bicyclic) bond motifs is 2. The third-order valence-corrected chi connectivity index (χ3v) is 8.63. The van der Waals surface area contributed by atoms with E-state index >= 15 is 0 Å². The van der Waals surface area contributed by atoms with Gasteiger partial charge in [-0.1, -0.05) is 127 Å². The molecular weight excluding hydrogens is 603 g/mol. The molecule has 0 unspecified atom stereocenters. The van der Waals surface area contributed by atoms with Crippen LogP contribution in [0.25, 0.3) is 89.9 Å². The molecule has 0 radical (unpaired) electrons. The van der Waals surface area contributed by atoms with Crippen molar-refractivity contribution in [2.75, 3.05) is 0 Å². The van der Waals surface area contributed by atoms with Gasteiger partial charge in [0.05, 0.1) is 5.52 Å². The molecule has 0 amide bonds. The highest BCUT2D eigenvalue weighted by Gasteiger charge is 2.20. The van der Waals surface area contributed by atoms with Crippen molar-refractivity contribution in [2.24, 2.45) is 0 Å². The van der Waals surface area contributed by atoms with Crippen molar-refractivity contribution in [3.8, 4) is 67.9 Å². The quantitative estimate of drug-likeness (QED) is 0.182. The van der Waals surface area contributed by atoms with E-state index in [2.05, 4.69) is 48.5 Å². The van der Waals surface area contributed by atoms with Gasteiger partial charge in [-0.25, -0.2) is 19.9 Å². The second-order valence-electron chi connectivity index (χ2n) is 11.7. The van der Waals surface area contributed by atoms with Crippen LogP contribution in [0.15, 0.2) is 168 Å². The average Bonchev–Trinajstić information content (AvgIpc) is 3.63. The van der Waals surface area contributed by atoms with E-state index in [0.29, 0.717) is 23.4 Å². The van der Waals surface area contributed by atoms with Gasteiger partial charge in [0.15, 0.2) is 23.1 Å². The average molecular weight is 630 g/mol. The fourth-order valence-corrected chi connectivity index (χ4v) is 6.27. The van der Waals surface area contributed by atoms with Crippen LogP contribution in [0.3, 0.4) is 0 Å². The van der Waals surface area contributed by atoms with Crippen LogP contribution in [0.2, 0.25) is 0 Å². The summed E-state index contributed by atoms with van der Waals surface area (Å²) in [5.74, 6) is 2.39. The van der Waals surface area contributed by atoms with Gasteiger partial charge in [-0.15, -0.1) is 0 Å². The molecule has 9 aromatic rings. The predicted molar refractivity (Wildman–Crippen MR) is 195 cm³/mol. The number of para-hydroxylation sites is 2. The number of aromatic nitrogens is 5. The number of nitrogens with zero attached hydrogens (tertiary/aromatic N) is 5. The number of rotatable bonds is 6. The van der Waals surface area contributed by atoms with E-state index in [1.165, 1.54) is 0 Å². The van der Waals surface area contributed by atoms with Gasteiger partial charge in [0.2, 0.25) is 5.89 Å². The molecule has 3 heterocycles. The molecule has 0 spiro atoms. The SMILES string of the molecule is c1ccc(-c2nc(-c3ccccc3)nc(-c3ccc(-c4cccc5oc(-c6ccccc6)nc45)c(-c4cccc5cccnc45)c3)n2)cc1. The Hall–Kier alpha value is -6.79. The first-order valence-electron chi connectivity index (χ1n) is 16.1. The van der Waals surface area contributed by atoms with Gasteiger partial charge in [0.1, 0.15) is 5.52 Å². The molecule has 0 aliphatic heterocycles. The molecule has 49 heavy (non-hydrogen) atoms. The minimum Gasteiger partial charge on any atom is -0.436 e. The first-order valence-corrected chi connectivity index (χ1v) is 16.1. The van der Waals surface area contributed by atoms with E-state index in [-0.39, 0.29) is 0 Å². The molecule has 0 N–H and O–H groups in total. The Morgan fingerprint density at radius 1 is 0.367 bits per heavy atom. The molecule has 0 atom stereocenters. The summed E-state index contributed by atoms with van der Waals surface area (Å²) in [5.41, 5.74) is 10.0. The summed E-state index contributed by atoms with van der Waals surface area (Å²) >= 11 is 0. The van der Waals surface area contributed by atoms with E-state index < -0.39 is 0 Å². The van der Waals surface area contributed by atoms with Crippen molar-refractivity contribution in [3.63, 3.8) is 0 Å². The Morgan fingerprint density at radius 3 is 1.61 bits per heavy atom. The van der Waals surface area contributed by atoms with Crippen LogP contribution in [0.5, 0.6) is 0 Å². The van der Waals surface area contributed by atoms with Crippen LogP contribution in [0.1, 0.15) is 0 Å². The summed E-state index contributed by atoms with van der Waals surface area (Å²) < 4.78 is 6.29. The zero-order chi connectivity index (χ0) is 32.6. The molecule has 6 heteroatoms. The van der Waals surface area contributed by atoms with Crippen LogP contribution < -0.4 is 0 Å². The van der Waals surface area contributed by atoms with Gasteiger partial charge in [-0.2, -0.15) is 0 Å². The highest BCUT2D eigenvalue weighted by atomic mass is 16.3. The lowest BCUT2D eigenvalue weighted by Crippen LogP contribution is -2.00. The molecule has 0 saturated carbocycles. The van der Waals surface area contributed by atoms with Gasteiger partial charge < -0.3 is 4.42 Å². The smallest absolute Gasteiger partial charge is 0.227 e. The van der Waals surface area contributed by atoms with E-state index in [1.54, 1.807) is 0 Å². The molecule has 3 aromatic heterocycles. The topological polar surface area (TPSA) is 77.6 Å². The van der Waals surface area contributed by atoms with Crippen LogP contribution in [-0.4, -0.2) is 24.9 Å². The Kier molecular flexibility index (Phi) is 7.02. The molecule has 6 aromatic carbocycles. The first kappa shape index (κ1) is 28.4. The Bertz CT molecular complexity index is 2540. The lowest BCUT2D eigenvalue weighted by atomic mass is 9.91. The summed E-state index contributed by atoms with van der Waals surface area (Å²) in [5, 5.41) is 1.06. The van der Waals surface area contributed by atoms with Gasteiger partial charge in [-0.3, -0.25) is 4.98 Å². The largest absolute Gasteiger partial charge is 0.436 e. The van der Waals surface area contributed by atoms with Gasteiger partial charge in [0.25, 0.3) is 0 Å². The highest BCUT2D eigenvalue weighted by Crippen LogP contribution is 2.41. The Balaban J connectivity index is 1.28. The number of benzene rings is 6. The summed E-state index contributed by atoms with van der Waals surface area (Å²) in [6, 6.07) is 52.8. The first-order chi connectivity index (χ1) is 24.3. The lowest BCUT2D eigenvalue weighted by Gasteiger charge is -2.15. The molecule has 0 aliphatic rings. The van der Waals surface area contributed by atoms with Crippen molar-refractivity contribution < 1.29 is 4.42 Å². The standard InChI is InChI=1S/C43H27N5O/c1-4-13-29(14-5-1)40-46-41(30-15-6-2-7-16-30)48-42(47-40)32-24-25-33(36(27-32)35-21-10-19-28-20-12-26-44-38(28)35)34-22-11-23-37-39(34)45-43(49-37)31-17-8-3-9-18-31/h1-27H. The molecule has 0 saturated heterocycles. The number of pyridine rings is 1. The molecular formula is C43H27N5O. The maximum absolute atomic E-state index is 6.29. The van der Waals surface area contributed by atoms with Crippen LogP contribution in [0.4, 0.5) is 0 Å². The molecule has 6 nitrogen and oxygen atoms in total. The lowest BCUT2D eigenvalue weighted by molar-refractivity contribution is 0.620. The fraction of sp³-hybridized carbons (Fsp3) is 0. The number of oxazole rings is 1. The number of hydrogen-bond acceptors (Lipinski definition) is 6. The normalized spacial score (nSPS) is 11.3. The van der Waals surface area contributed by atoms with Crippen molar-refractivity contribution in [1.82, 2.24) is 24.9 Å². The van der Waals surface area contributed by atoms with Crippen LogP contribution in [-0.2, 0) is 0 Å². The summed E-state index contributed by atoms with van der Waals surface area (Å²) in [4.78, 5) is 24.8. The van der Waals surface area contributed by atoms with Crippen molar-refractivity contribution in [3.05, 3.63) is 164 Å². The molecule has 230 valence electrons. The van der Waals surface area contributed by atoms with Crippen molar-refractivity contribution in [1.29, 1.82) is 0 Å². The maximum atomic E-state index is 6.29. The van der Waals surface area contributed by atoms with E-state index in [9.17, 15) is 0 Å². The molecule has 0 bridgehead atoms. The highest BCUT2D eigenvalue weighted by molar-refractivity contribution is 6.03. The minimum atomic E-state index is 0.583. The molecule has 0 fully saturated rings. The maximum Gasteiger partial charge on any atom is 0.227 e. The predicted octanol–water partition coefficient (Wildman–Crippen LogP) is 10.6. The van der Waals surface area contributed by atoms with Gasteiger partial charge in [0, 0.05) is 45.0 Å². The van der Waals surface area contributed by atoms with Gasteiger partial charge >= 0.3 is 0 Å². The third kappa shape index (κ3) is 5.31. The fourth-order valence-electron chi connectivity index (χ4n) is 6.27. The minimum absolute atomic E-state index is 0.583. The van der Waals surface area contributed by atoms with E-state index in [4.69, 9.17) is 29.3 Å². The van der Waals surface area contributed by atoms with Crippen molar-refractivity contribution in [2.45, 2.75) is 0 Å². The summed E-state index contributed by atoms with van der Waals surface area (Å²) in [6.07, 6.45) is 1.84. The third-order valence-electron chi connectivity index (χ3n) is 8.63. The van der Waals surface area contributed by atoms with Gasteiger partial charge in [-0.05, 0) is 41.5 Å². The monoisotopic (exact) mass is 629 g/mol. The second kappa shape index (κ2) is 12.1. The van der Waals surface area contributed by atoms with Crippen LogP contribution in [0, 0.1) is 0 Å². The van der Waals surface area contributed by atoms with Crippen molar-refractivity contribution >= 4 is 22.0 Å². The zero-order valence-electron chi connectivity index (χ0n) is 26.2. The van der Waals surface area contributed by atoms with E-state index in [1.807, 2.05) is 115 Å². The molecule has 9 rings (SSSR count).